The first kappa shape index (κ1) is 21.8. The summed E-state index contributed by atoms with van der Waals surface area (Å²) in [5, 5.41) is 3.62. The van der Waals surface area contributed by atoms with E-state index < -0.39 is 5.92 Å². The topological polar surface area (TPSA) is 84.4 Å². The van der Waals surface area contributed by atoms with Gasteiger partial charge in [-0.3, -0.25) is 9.59 Å². The predicted molar refractivity (Wildman–Crippen MR) is 124 cm³/mol. The van der Waals surface area contributed by atoms with Crippen molar-refractivity contribution in [3.8, 4) is 5.75 Å². The maximum Gasteiger partial charge on any atom is 0.229 e. The van der Waals surface area contributed by atoms with Crippen molar-refractivity contribution in [2.24, 2.45) is 5.92 Å². The molecule has 8 heteroatoms. The molecule has 1 aliphatic rings. The minimum Gasteiger partial charge on any atom is -0.497 e. The van der Waals surface area contributed by atoms with Crippen LogP contribution in [0.5, 0.6) is 5.75 Å². The van der Waals surface area contributed by atoms with Gasteiger partial charge in [0.25, 0.3) is 0 Å². The Balaban J connectivity index is 1.38. The molecule has 2 amide bonds. The van der Waals surface area contributed by atoms with Gasteiger partial charge in [-0.2, -0.15) is 0 Å². The lowest BCUT2D eigenvalue weighted by molar-refractivity contribution is -0.122. The second-order valence-corrected chi connectivity index (χ2v) is 8.70. The van der Waals surface area contributed by atoms with Gasteiger partial charge < -0.3 is 15.0 Å². The molecule has 0 radical (unpaired) electrons. The molecule has 0 aliphatic carbocycles. The van der Waals surface area contributed by atoms with E-state index in [0.717, 1.165) is 22.0 Å². The van der Waals surface area contributed by atoms with Crippen molar-refractivity contribution in [2.75, 3.05) is 23.9 Å². The van der Waals surface area contributed by atoms with Crippen LogP contribution in [0.25, 0.3) is 0 Å². The van der Waals surface area contributed by atoms with Gasteiger partial charge in [0.05, 0.1) is 13.0 Å². The van der Waals surface area contributed by atoms with Gasteiger partial charge in [0, 0.05) is 46.7 Å². The van der Waals surface area contributed by atoms with Gasteiger partial charge in [-0.15, -0.1) is 0 Å². The average Bonchev–Trinajstić information content (AvgIpc) is 3.16. The van der Waals surface area contributed by atoms with E-state index in [1.165, 1.54) is 11.8 Å². The van der Waals surface area contributed by atoms with E-state index in [1.807, 2.05) is 62.4 Å². The molecule has 3 aromatic rings. The van der Waals surface area contributed by atoms with Gasteiger partial charge in [-0.1, -0.05) is 6.07 Å². The number of hydrogen-bond acceptors (Lipinski definition) is 6. The SMILES string of the molecule is COc1cccc(N2C[C@@H](C(=O)Nc3ccc(Sc4nc(C)cc(C)n4)cc3)CC2=O)c1. The number of nitrogens with zero attached hydrogens (tertiary/aromatic N) is 3. The van der Waals surface area contributed by atoms with Crippen LogP contribution in [0.1, 0.15) is 17.8 Å². The fourth-order valence-electron chi connectivity index (χ4n) is 3.61. The number of amides is 2. The van der Waals surface area contributed by atoms with Gasteiger partial charge in [-0.25, -0.2) is 9.97 Å². The monoisotopic (exact) mass is 448 g/mol. The average molecular weight is 449 g/mol. The summed E-state index contributed by atoms with van der Waals surface area (Å²) < 4.78 is 5.23. The molecule has 1 N–H and O–H groups in total. The molecule has 1 atom stereocenters. The number of aryl methyl sites for hydroxylation is 2. The van der Waals surface area contributed by atoms with Crippen molar-refractivity contribution in [3.05, 3.63) is 66.0 Å². The molecule has 1 fully saturated rings. The molecule has 2 heterocycles. The van der Waals surface area contributed by atoms with E-state index in [9.17, 15) is 9.59 Å². The predicted octanol–water partition coefficient (Wildman–Crippen LogP) is 4.24. The highest BCUT2D eigenvalue weighted by Gasteiger charge is 2.35. The fourth-order valence-corrected chi connectivity index (χ4v) is 4.47. The second kappa shape index (κ2) is 9.40. The first-order valence-corrected chi connectivity index (χ1v) is 11.1. The van der Waals surface area contributed by atoms with Crippen LogP contribution >= 0.6 is 11.8 Å². The molecule has 7 nitrogen and oxygen atoms in total. The number of ether oxygens (including phenoxy) is 1. The second-order valence-electron chi connectivity index (χ2n) is 7.66. The van der Waals surface area contributed by atoms with Crippen molar-refractivity contribution >= 4 is 35.0 Å². The highest BCUT2D eigenvalue weighted by Crippen LogP contribution is 2.29. The number of hydrogen-bond donors (Lipinski definition) is 1. The lowest BCUT2D eigenvalue weighted by Crippen LogP contribution is -2.28. The summed E-state index contributed by atoms with van der Waals surface area (Å²) in [4.78, 5) is 36.8. The molecule has 1 aliphatic heterocycles. The van der Waals surface area contributed by atoms with E-state index >= 15 is 0 Å². The highest BCUT2D eigenvalue weighted by molar-refractivity contribution is 7.99. The number of aromatic nitrogens is 2. The van der Waals surface area contributed by atoms with Crippen LogP contribution in [0.15, 0.2) is 64.6 Å². The van der Waals surface area contributed by atoms with Gasteiger partial charge in [0.15, 0.2) is 5.16 Å². The zero-order chi connectivity index (χ0) is 22.7. The van der Waals surface area contributed by atoms with E-state index in [1.54, 1.807) is 18.1 Å². The molecule has 2 aromatic carbocycles. The lowest BCUT2D eigenvalue weighted by Gasteiger charge is -2.17. The van der Waals surface area contributed by atoms with Crippen molar-refractivity contribution in [2.45, 2.75) is 30.3 Å². The van der Waals surface area contributed by atoms with Crippen LogP contribution in [0.2, 0.25) is 0 Å². The maximum atomic E-state index is 12.8. The summed E-state index contributed by atoms with van der Waals surface area (Å²) >= 11 is 1.47. The summed E-state index contributed by atoms with van der Waals surface area (Å²) in [5.74, 6) is 0.0270. The normalized spacial score (nSPS) is 15.7. The minimum atomic E-state index is -0.411. The Bertz CT molecular complexity index is 1130. The number of anilines is 2. The summed E-state index contributed by atoms with van der Waals surface area (Å²) in [6, 6.07) is 16.8. The standard InChI is InChI=1S/C24H24N4O3S/c1-15-11-16(2)26-24(25-15)32-21-9-7-18(8-10-21)27-23(30)17-12-22(29)28(14-17)19-5-4-6-20(13-19)31-3/h4-11,13,17H,12,14H2,1-3H3,(H,27,30)/t17-/m0/s1. The zero-order valence-electron chi connectivity index (χ0n) is 18.2. The van der Waals surface area contributed by atoms with Crippen molar-refractivity contribution in [3.63, 3.8) is 0 Å². The number of methoxy groups -OCH3 is 1. The Morgan fingerprint density at radius 3 is 2.50 bits per heavy atom. The van der Waals surface area contributed by atoms with Gasteiger partial charge in [0.1, 0.15) is 5.75 Å². The van der Waals surface area contributed by atoms with Crippen molar-refractivity contribution in [1.82, 2.24) is 9.97 Å². The molecule has 32 heavy (non-hydrogen) atoms. The van der Waals surface area contributed by atoms with E-state index in [0.29, 0.717) is 23.1 Å². The van der Waals surface area contributed by atoms with E-state index in [-0.39, 0.29) is 18.2 Å². The molecule has 0 saturated carbocycles. The fraction of sp³-hybridized carbons (Fsp3) is 0.250. The first-order valence-electron chi connectivity index (χ1n) is 10.3. The van der Waals surface area contributed by atoms with E-state index in [4.69, 9.17) is 4.74 Å². The lowest BCUT2D eigenvalue weighted by atomic mass is 10.1. The first-order chi connectivity index (χ1) is 15.4. The van der Waals surface area contributed by atoms with Crippen LogP contribution < -0.4 is 15.0 Å². The Labute approximate surface area is 191 Å². The summed E-state index contributed by atoms with van der Waals surface area (Å²) in [6.07, 6.45) is 0.182. The molecular weight excluding hydrogens is 424 g/mol. The molecule has 1 saturated heterocycles. The third-order valence-electron chi connectivity index (χ3n) is 5.15. The molecule has 1 aromatic heterocycles. The minimum absolute atomic E-state index is 0.0707. The number of carbonyl (C=O) groups excluding carboxylic acids is 2. The smallest absolute Gasteiger partial charge is 0.229 e. The quantitative estimate of drug-likeness (QED) is 0.568. The van der Waals surface area contributed by atoms with E-state index in [2.05, 4.69) is 15.3 Å². The number of carbonyl (C=O) groups is 2. The van der Waals surface area contributed by atoms with Crippen LogP contribution in [-0.4, -0.2) is 35.4 Å². The van der Waals surface area contributed by atoms with Gasteiger partial charge in [0.2, 0.25) is 11.8 Å². The van der Waals surface area contributed by atoms with Crippen LogP contribution in [-0.2, 0) is 9.59 Å². The van der Waals surface area contributed by atoms with Crippen molar-refractivity contribution in [1.29, 1.82) is 0 Å². The molecular formula is C24H24N4O3S. The summed E-state index contributed by atoms with van der Waals surface area (Å²) in [6.45, 7) is 4.23. The number of nitrogens with one attached hydrogen (secondary N) is 1. The molecule has 164 valence electrons. The third-order valence-corrected chi connectivity index (χ3v) is 6.03. The van der Waals surface area contributed by atoms with Crippen LogP contribution in [0.4, 0.5) is 11.4 Å². The number of rotatable bonds is 6. The number of benzene rings is 2. The maximum absolute atomic E-state index is 12.8. The zero-order valence-corrected chi connectivity index (χ0v) is 19.0. The highest BCUT2D eigenvalue weighted by atomic mass is 32.2. The summed E-state index contributed by atoms with van der Waals surface area (Å²) in [7, 11) is 1.58. The van der Waals surface area contributed by atoms with Crippen molar-refractivity contribution < 1.29 is 14.3 Å². The van der Waals surface area contributed by atoms with Crippen LogP contribution in [0.3, 0.4) is 0 Å². The molecule has 0 spiro atoms. The van der Waals surface area contributed by atoms with Crippen LogP contribution in [0, 0.1) is 19.8 Å². The Hall–Kier alpha value is -3.39. The van der Waals surface area contributed by atoms with Gasteiger partial charge in [-0.05, 0) is 68.1 Å². The molecule has 4 rings (SSSR count). The molecule has 0 bridgehead atoms. The Morgan fingerprint density at radius 2 is 1.81 bits per heavy atom. The largest absolute Gasteiger partial charge is 0.497 e. The third kappa shape index (κ3) is 5.08. The van der Waals surface area contributed by atoms with Gasteiger partial charge >= 0.3 is 0 Å². The Morgan fingerprint density at radius 1 is 1.09 bits per heavy atom. The Kier molecular flexibility index (Phi) is 6.41. The summed E-state index contributed by atoms with van der Waals surface area (Å²) in [5.41, 5.74) is 3.28. The molecule has 0 unspecified atom stereocenters.